The van der Waals surface area contributed by atoms with E-state index in [0.717, 1.165) is 6.42 Å². The number of hydrogen-bond acceptors (Lipinski definition) is 2. The van der Waals surface area contributed by atoms with Crippen molar-refractivity contribution in [3.05, 3.63) is 35.4 Å². The number of nitrogens with two attached hydrogens (primary N) is 2. The van der Waals surface area contributed by atoms with Crippen LogP contribution in [0.15, 0.2) is 24.3 Å². The third kappa shape index (κ3) is 5.19. The second kappa shape index (κ2) is 7.78. The highest BCUT2D eigenvalue weighted by Gasteiger charge is 2.26. The van der Waals surface area contributed by atoms with Crippen molar-refractivity contribution in [3.63, 3.8) is 0 Å². The number of aryl methyl sites for hydroxylation is 1. The fraction of sp³-hybridized carbons (Fsp3) is 0.500. The summed E-state index contributed by atoms with van der Waals surface area (Å²) in [6, 6.07) is 7.42. The number of amides is 3. The first-order valence-electron chi connectivity index (χ1n) is 7.39. The molecule has 0 saturated heterocycles. The molecule has 0 saturated carbocycles. The fourth-order valence-corrected chi connectivity index (χ4v) is 2.33. The summed E-state index contributed by atoms with van der Waals surface area (Å²) in [5.74, 6) is -0.000340. The molecule has 0 aliphatic carbocycles. The molecule has 116 valence electrons. The Balaban J connectivity index is 2.81. The number of quaternary nitrogens is 1. The van der Waals surface area contributed by atoms with Gasteiger partial charge < -0.3 is 11.1 Å². The molecule has 0 bridgehead atoms. The van der Waals surface area contributed by atoms with Gasteiger partial charge in [-0.2, -0.15) is 0 Å². The molecule has 1 rings (SSSR count). The maximum atomic E-state index is 11.8. The van der Waals surface area contributed by atoms with E-state index in [2.05, 4.69) is 50.4 Å². The quantitative estimate of drug-likeness (QED) is 0.733. The van der Waals surface area contributed by atoms with Crippen molar-refractivity contribution in [2.75, 3.05) is 0 Å². The highest BCUT2D eigenvalue weighted by Crippen LogP contribution is 2.18. The number of imide groups is 1. The van der Waals surface area contributed by atoms with E-state index in [1.54, 1.807) is 6.92 Å². The van der Waals surface area contributed by atoms with E-state index in [9.17, 15) is 9.59 Å². The zero-order chi connectivity index (χ0) is 16.0. The van der Waals surface area contributed by atoms with Crippen LogP contribution in [0.4, 0.5) is 4.79 Å². The van der Waals surface area contributed by atoms with Gasteiger partial charge in [-0.15, -0.1) is 0 Å². The van der Waals surface area contributed by atoms with E-state index in [4.69, 9.17) is 5.73 Å². The normalized spacial score (nSPS) is 13.8. The third-order valence-electron chi connectivity index (χ3n) is 3.65. The molecule has 0 radical (unpaired) electrons. The molecule has 0 aliphatic heterocycles. The molecule has 5 nitrogen and oxygen atoms in total. The molecule has 0 aliphatic rings. The number of urea groups is 1. The van der Waals surface area contributed by atoms with Gasteiger partial charge in [0.2, 0.25) is 0 Å². The van der Waals surface area contributed by atoms with Gasteiger partial charge in [0.15, 0.2) is 6.04 Å². The molecule has 21 heavy (non-hydrogen) atoms. The summed E-state index contributed by atoms with van der Waals surface area (Å²) >= 11 is 0. The number of carbonyl (C=O) groups is 2. The van der Waals surface area contributed by atoms with Gasteiger partial charge in [-0.05, 0) is 18.9 Å². The first kappa shape index (κ1) is 17.2. The zero-order valence-electron chi connectivity index (χ0n) is 13.2. The lowest BCUT2D eigenvalue weighted by atomic mass is 9.94. The largest absolute Gasteiger partial charge is 0.351 e. The number of rotatable bonds is 6. The minimum absolute atomic E-state index is 0.157. The average Bonchev–Trinajstić information content (AvgIpc) is 2.43. The summed E-state index contributed by atoms with van der Waals surface area (Å²) in [5.41, 5.74) is 7.45. The number of carbonyl (C=O) groups excluding carboxylic acids is 2. The molecule has 0 spiro atoms. The maximum absolute atomic E-state index is 11.8. The summed E-state index contributed by atoms with van der Waals surface area (Å²) in [6.45, 7) is 8.13. The van der Waals surface area contributed by atoms with Crippen molar-refractivity contribution in [1.82, 2.24) is 5.32 Å². The molecule has 0 heterocycles. The van der Waals surface area contributed by atoms with E-state index >= 15 is 0 Å². The van der Waals surface area contributed by atoms with Gasteiger partial charge in [0.25, 0.3) is 5.91 Å². The molecule has 0 fully saturated rings. The molecule has 3 amide bonds. The van der Waals surface area contributed by atoms with Crippen LogP contribution in [0.5, 0.6) is 0 Å². The molecule has 2 atom stereocenters. The summed E-state index contributed by atoms with van der Waals surface area (Å²) in [7, 11) is 0. The molecule has 0 unspecified atom stereocenters. The number of primary amides is 1. The minimum Gasteiger partial charge on any atom is -0.351 e. The van der Waals surface area contributed by atoms with Crippen LogP contribution in [-0.2, 0) is 11.2 Å². The Bertz CT molecular complexity index is 483. The zero-order valence-corrected chi connectivity index (χ0v) is 13.2. The van der Waals surface area contributed by atoms with Crippen LogP contribution in [0, 0.1) is 5.92 Å². The molecule has 0 aromatic heterocycles. The standard InChI is InChI=1S/C16H25N3O2/c1-5-12-6-8-13(9-7-12)14(10(2)3)18-11(4)15(20)19-16(17)21/h6-11,14,18H,5H2,1-4H3,(H3,17,19,20,21)/p+1/t11-,14+/m1/s1. The van der Waals surface area contributed by atoms with Gasteiger partial charge in [0.1, 0.15) is 6.04 Å². The number of hydrogen-bond donors (Lipinski definition) is 3. The first-order chi connectivity index (χ1) is 9.85. The Morgan fingerprint density at radius 1 is 1.19 bits per heavy atom. The second-order valence-corrected chi connectivity index (χ2v) is 5.70. The van der Waals surface area contributed by atoms with Crippen LogP contribution in [0.1, 0.15) is 44.9 Å². The Hall–Kier alpha value is -1.88. The van der Waals surface area contributed by atoms with E-state index in [1.165, 1.54) is 11.1 Å². The summed E-state index contributed by atoms with van der Waals surface area (Å²) in [5, 5.41) is 4.10. The summed E-state index contributed by atoms with van der Waals surface area (Å²) < 4.78 is 0. The summed E-state index contributed by atoms with van der Waals surface area (Å²) in [4.78, 5) is 22.6. The first-order valence-corrected chi connectivity index (χ1v) is 7.39. The molecule has 1 aromatic rings. The van der Waals surface area contributed by atoms with Crippen LogP contribution in [0.25, 0.3) is 0 Å². The van der Waals surface area contributed by atoms with Gasteiger partial charge in [-0.1, -0.05) is 45.0 Å². The lowest BCUT2D eigenvalue weighted by Gasteiger charge is -2.23. The predicted molar refractivity (Wildman–Crippen MR) is 82.5 cm³/mol. The van der Waals surface area contributed by atoms with Gasteiger partial charge >= 0.3 is 6.03 Å². The molecule has 5 heteroatoms. The lowest BCUT2D eigenvalue weighted by Crippen LogP contribution is -2.93. The topological polar surface area (TPSA) is 88.8 Å². The van der Waals surface area contributed by atoms with Crippen molar-refractivity contribution < 1.29 is 14.9 Å². The van der Waals surface area contributed by atoms with Crippen LogP contribution in [0.2, 0.25) is 0 Å². The minimum atomic E-state index is -0.811. The number of benzene rings is 1. The van der Waals surface area contributed by atoms with Gasteiger partial charge in [0.05, 0.1) is 0 Å². The van der Waals surface area contributed by atoms with Gasteiger partial charge in [-0.25, -0.2) is 4.79 Å². The third-order valence-corrected chi connectivity index (χ3v) is 3.65. The van der Waals surface area contributed by atoms with Crippen LogP contribution in [-0.4, -0.2) is 18.0 Å². The van der Waals surface area contributed by atoms with E-state index in [-0.39, 0.29) is 18.0 Å². The number of nitrogens with one attached hydrogen (secondary N) is 1. The Kier molecular flexibility index (Phi) is 6.37. The molecule has 5 N–H and O–H groups in total. The highest BCUT2D eigenvalue weighted by molar-refractivity contribution is 5.95. The van der Waals surface area contributed by atoms with Crippen molar-refractivity contribution in [3.8, 4) is 0 Å². The maximum Gasteiger partial charge on any atom is 0.319 e. The van der Waals surface area contributed by atoms with E-state index in [0.29, 0.717) is 5.92 Å². The van der Waals surface area contributed by atoms with E-state index < -0.39 is 6.03 Å². The SMILES string of the molecule is CCc1ccc([C@@H]([NH2+][C@H](C)C(=O)NC(N)=O)C(C)C)cc1. The molecular formula is C16H26N3O2+. The Morgan fingerprint density at radius 3 is 2.19 bits per heavy atom. The van der Waals surface area contributed by atoms with Crippen molar-refractivity contribution in [1.29, 1.82) is 0 Å². The fourth-order valence-electron chi connectivity index (χ4n) is 2.33. The van der Waals surface area contributed by atoms with Crippen molar-refractivity contribution >= 4 is 11.9 Å². The van der Waals surface area contributed by atoms with Crippen molar-refractivity contribution in [2.24, 2.45) is 11.7 Å². The van der Waals surface area contributed by atoms with E-state index in [1.807, 2.05) is 5.32 Å². The van der Waals surface area contributed by atoms with Gasteiger partial charge in [0, 0.05) is 11.5 Å². The monoisotopic (exact) mass is 292 g/mol. The Labute approximate surface area is 126 Å². The van der Waals surface area contributed by atoms with Crippen LogP contribution >= 0.6 is 0 Å². The summed E-state index contributed by atoms with van der Waals surface area (Å²) in [6.07, 6.45) is 1.01. The van der Waals surface area contributed by atoms with Crippen LogP contribution < -0.4 is 16.4 Å². The second-order valence-electron chi connectivity index (χ2n) is 5.70. The average molecular weight is 292 g/mol. The lowest BCUT2D eigenvalue weighted by molar-refractivity contribution is -0.719. The highest BCUT2D eigenvalue weighted by atomic mass is 16.2. The smallest absolute Gasteiger partial charge is 0.319 e. The molecular weight excluding hydrogens is 266 g/mol. The predicted octanol–water partition coefficient (Wildman–Crippen LogP) is 1.09. The van der Waals surface area contributed by atoms with Crippen LogP contribution in [0.3, 0.4) is 0 Å². The molecule has 1 aromatic carbocycles. The van der Waals surface area contributed by atoms with Gasteiger partial charge in [-0.3, -0.25) is 10.1 Å². The Morgan fingerprint density at radius 2 is 1.76 bits per heavy atom. The van der Waals surface area contributed by atoms with Crippen molar-refractivity contribution in [2.45, 2.75) is 46.2 Å².